The van der Waals surface area contributed by atoms with Crippen LogP contribution in [0, 0.1) is 5.92 Å². The molecule has 1 amide bonds. The Morgan fingerprint density at radius 3 is 2.75 bits per heavy atom. The number of carbonyl (C=O) groups is 2. The van der Waals surface area contributed by atoms with Crippen molar-refractivity contribution in [3.8, 4) is 0 Å². The van der Waals surface area contributed by atoms with Crippen molar-refractivity contribution in [2.45, 2.75) is 26.3 Å². The Morgan fingerprint density at radius 2 is 2.33 bits per heavy atom. The summed E-state index contributed by atoms with van der Waals surface area (Å²) in [4.78, 5) is 22.0. The average Bonchev–Trinajstić information content (AvgIpc) is 2.36. The Hall–Kier alpha value is -1.26. The van der Waals surface area contributed by atoms with E-state index in [1.165, 1.54) is 0 Å². The van der Waals surface area contributed by atoms with Gasteiger partial charge in [-0.25, -0.2) is 5.43 Å². The topological polar surface area (TPSA) is 70.9 Å². The zero-order valence-corrected chi connectivity index (χ0v) is 7.07. The van der Waals surface area contributed by atoms with E-state index in [1.54, 1.807) is 13.8 Å². The van der Waals surface area contributed by atoms with Crippen molar-refractivity contribution in [3.63, 3.8) is 0 Å². The minimum absolute atomic E-state index is 0.0380. The lowest BCUT2D eigenvalue weighted by Crippen LogP contribution is -2.27. The molecule has 5 heteroatoms. The van der Waals surface area contributed by atoms with E-state index in [-0.39, 0.29) is 24.0 Å². The van der Waals surface area contributed by atoms with Crippen molar-refractivity contribution in [2.24, 2.45) is 16.3 Å². The van der Waals surface area contributed by atoms with Crippen molar-refractivity contribution in [3.05, 3.63) is 0 Å². The molecule has 1 N–H and O–H groups in total. The molecule has 0 spiro atoms. The molecule has 0 bridgehead atoms. The SMILES string of the molecule is CC(C)C(=O)CC1N=NNC1=O. The molecule has 0 fully saturated rings. The number of hydrogen-bond acceptors (Lipinski definition) is 4. The molecule has 12 heavy (non-hydrogen) atoms. The summed E-state index contributed by atoms with van der Waals surface area (Å²) < 4.78 is 0. The van der Waals surface area contributed by atoms with Gasteiger partial charge in [-0.15, -0.1) is 0 Å². The summed E-state index contributed by atoms with van der Waals surface area (Å²) in [6.45, 7) is 3.60. The fraction of sp³-hybridized carbons (Fsp3) is 0.714. The number of nitrogens with zero attached hydrogens (tertiary/aromatic N) is 2. The standard InChI is InChI=1S/C7H11N3O2/c1-4(2)6(11)3-5-7(12)9-10-8-5/h4-5H,3H2,1-2H3,(H,8,9,12). The van der Waals surface area contributed by atoms with E-state index < -0.39 is 6.04 Å². The monoisotopic (exact) mass is 169 g/mol. The number of hydrogen-bond donors (Lipinski definition) is 1. The maximum atomic E-state index is 11.2. The van der Waals surface area contributed by atoms with Gasteiger partial charge in [0.15, 0.2) is 6.04 Å². The molecule has 1 aliphatic heterocycles. The summed E-state index contributed by atoms with van der Waals surface area (Å²) >= 11 is 0. The molecule has 0 aliphatic carbocycles. The van der Waals surface area contributed by atoms with Crippen LogP contribution >= 0.6 is 0 Å². The minimum Gasteiger partial charge on any atom is -0.299 e. The lowest BCUT2D eigenvalue weighted by atomic mass is 10.0. The number of ketones is 1. The van der Waals surface area contributed by atoms with Crippen molar-refractivity contribution in [1.29, 1.82) is 0 Å². The Balaban J connectivity index is 2.46. The van der Waals surface area contributed by atoms with Crippen LogP contribution in [0.5, 0.6) is 0 Å². The van der Waals surface area contributed by atoms with E-state index in [2.05, 4.69) is 15.8 Å². The summed E-state index contributed by atoms with van der Waals surface area (Å²) in [7, 11) is 0. The first-order valence-electron chi connectivity index (χ1n) is 3.83. The highest BCUT2D eigenvalue weighted by atomic mass is 16.2. The molecule has 0 aromatic rings. The van der Waals surface area contributed by atoms with Crippen LogP contribution in [0.15, 0.2) is 10.3 Å². The molecule has 0 radical (unpaired) electrons. The van der Waals surface area contributed by atoms with E-state index in [1.807, 2.05) is 0 Å². The Kier molecular flexibility index (Phi) is 2.52. The van der Waals surface area contributed by atoms with Crippen LogP contribution in [-0.2, 0) is 9.59 Å². The highest BCUT2D eigenvalue weighted by Gasteiger charge is 2.26. The van der Waals surface area contributed by atoms with E-state index >= 15 is 0 Å². The van der Waals surface area contributed by atoms with Gasteiger partial charge in [0.05, 0.1) is 0 Å². The molecule has 0 saturated carbocycles. The second kappa shape index (κ2) is 3.42. The number of rotatable bonds is 3. The lowest BCUT2D eigenvalue weighted by Gasteiger charge is -2.04. The predicted molar refractivity (Wildman–Crippen MR) is 41.2 cm³/mol. The third-order valence-corrected chi connectivity index (χ3v) is 1.70. The van der Waals surface area contributed by atoms with Gasteiger partial charge in [-0.05, 0) is 0 Å². The molecule has 1 aliphatic rings. The smallest absolute Gasteiger partial charge is 0.268 e. The van der Waals surface area contributed by atoms with Gasteiger partial charge in [-0.2, -0.15) is 5.11 Å². The Labute approximate surface area is 70.2 Å². The zero-order chi connectivity index (χ0) is 9.14. The molecule has 0 aromatic heterocycles. The summed E-state index contributed by atoms with van der Waals surface area (Å²) in [5, 5.41) is 6.91. The molecule has 66 valence electrons. The number of nitrogens with one attached hydrogen (secondary N) is 1. The van der Waals surface area contributed by atoms with Crippen LogP contribution in [0.25, 0.3) is 0 Å². The molecule has 1 heterocycles. The average molecular weight is 169 g/mol. The van der Waals surface area contributed by atoms with Crippen LogP contribution < -0.4 is 5.43 Å². The van der Waals surface area contributed by atoms with Gasteiger partial charge in [0.2, 0.25) is 0 Å². The van der Waals surface area contributed by atoms with Crippen LogP contribution in [-0.4, -0.2) is 17.7 Å². The number of amides is 1. The quantitative estimate of drug-likeness (QED) is 0.667. The van der Waals surface area contributed by atoms with Gasteiger partial charge >= 0.3 is 0 Å². The fourth-order valence-electron chi connectivity index (χ4n) is 0.835. The van der Waals surface area contributed by atoms with Crippen molar-refractivity contribution in [2.75, 3.05) is 0 Å². The number of Topliss-reactive ketones (excluding diaryl/α,β-unsaturated/α-hetero) is 1. The first-order valence-corrected chi connectivity index (χ1v) is 3.83. The van der Waals surface area contributed by atoms with E-state index in [0.717, 1.165) is 0 Å². The van der Waals surface area contributed by atoms with Gasteiger partial charge in [0.25, 0.3) is 5.91 Å². The molecular formula is C7H11N3O2. The van der Waals surface area contributed by atoms with Gasteiger partial charge in [-0.3, -0.25) is 9.59 Å². The molecule has 1 atom stereocenters. The van der Waals surface area contributed by atoms with Crippen molar-refractivity contribution >= 4 is 11.7 Å². The maximum Gasteiger partial charge on any atom is 0.268 e. The lowest BCUT2D eigenvalue weighted by molar-refractivity contribution is -0.126. The van der Waals surface area contributed by atoms with E-state index in [0.29, 0.717) is 0 Å². The Bertz CT molecular complexity index is 235. The second-order valence-corrected chi connectivity index (χ2v) is 3.03. The molecule has 0 saturated heterocycles. The maximum absolute atomic E-state index is 11.2. The highest BCUT2D eigenvalue weighted by molar-refractivity contribution is 5.90. The van der Waals surface area contributed by atoms with Gasteiger partial charge in [0, 0.05) is 12.3 Å². The Morgan fingerprint density at radius 1 is 1.67 bits per heavy atom. The molecule has 0 aromatic carbocycles. The molecular weight excluding hydrogens is 158 g/mol. The summed E-state index contributed by atoms with van der Waals surface area (Å²) in [6.07, 6.45) is 0.160. The van der Waals surface area contributed by atoms with Crippen LogP contribution in [0.4, 0.5) is 0 Å². The fourth-order valence-corrected chi connectivity index (χ4v) is 0.835. The van der Waals surface area contributed by atoms with Gasteiger partial charge < -0.3 is 0 Å². The second-order valence-electron chi connectivity index (χ2n) is 3.03. The zero-order valence-electron chi connectivity index (χ0n) is 7.07. The van der Waals surface area contributed by atoms with Crippen molar-refractivity contribution in [1.82, 2.24) is 5.43 Å². The molecule has 1 rings (SSSR count). The third kappa shape index (κ3) is 1.87. The van der Waals surface area contributed by atoms with Gasteiger partial charge in [0.1, 0.15) is 5.78 Å². The predicted octanol–water partition coefficient (Wildman–Crippen LogP) is 0.467. The minimum atomic E-state index is -0.597. The summed E-state index contributed by atoms with van der Waals surface area (Å²) in [5.41, 5.74) is 2.18. The van der Waals surface area contributed by atoms with Gasteiger partial charge in [-0.1, -0.05) is 19.1 Å². The molecule has 5 nitrogen and oxygen atoms in total. The van der Waals surface area contributed by atoms with Crippen LogP contribution in [0.1, 0.15) is 20.3 Å². The largest absolute Gasteiger partial charge is 0.299 e. The van der Waals surface area contributed by atoms with Crippen molar-refractivity contribution < 1.29 is 9.59 Å². The number of carbonyl (C=O) groups excluding carboxylic acids is 2. The molecule has 1 unspecified atom stereocenters. The first-order chi connectivity index (χ1) is 5.61. The van der Waals surface area contributed by atoms with Crippen LogP contribution in [0.2, 0.25) is 0 Å². The van der Waals surface area contributed by atoms with Crippen LogP contribution in [0.3, 0.4) is 0 Å². The summed E-state index contributed by atoms with van der Waals surface area (Å²) in [5.74, 6) is -0.298. The van der Waals surface area contributed by atoms with E-state index in [9.17, 15) is 9.59 Å². The van der Waals surface area contributed by atoms with E-state index in [4.69, 9.17) is 0 Å². The highest BCUT2D eigenvalue weighted by Crippen LogP contribution is 2.09. The summed E-state index contributed by atoms with van der Waals surface area (Å²) in [6, 6.07) is -0.597. The normalized spacial score (nSPS) is 21.6. The third-order valence-electron chi connectivity index (χ3n) is 1.70. The first kappa shape index (κ1) is 8.83.